The average molecular weight is 485 g/mol. The number of rotatable bonds is 7. The maximum Gasteiger partial charge on any atom is 0.257 e. The summed E-state index contributed by atoms with van der Waals surface area (Å²) >= 11 is 0. The van der Waals surface area contributed by atoms with Gasteiger partial charge in [-0.3, -0.25) is 4.79 Å². The molecule has 0 unspecified atom stereocenters. The second-order valence-corrected chi connectivity index (χ2v) is 10.7. The molecule has 2 aromatic carbocycles. The lowest BCUT2D eigenvalue weighted by atomic mass is 9.98. The van der Waals surface area contributed by atoms with E-state index < -0.39 is 10.0 Å². The predicted molar refractivity (Wildman–Crippen MR) is 134 cm³/mol. The number of hydrogen-bond acceptors (Lipinski definition) is 6. The minimum Gasteiger partial charge on any atom is -0.441 e. The number of nitrogens with one attached hydrogen (secondary N) is 1. The molecule has 4 rings (SSSR count). The summed E-state index contributed by atoms with van der Waals surface area (Å²) in [7, 11) is -3.70. The van der Waals surface area contributed by atoms with Crippen LogP contribution in [0.25, 0.3) is 11.1 Å². The van der Waals surface area contributed by atoms with E-state index in [0.717, 1.165) is 31.6 Å². The number of aryl methyl sites for hydroxylation is 1. The topological polar surface area (TPSA) is 95.8 Å². The summed E-state index contributed by atoms with van der Waals surface area (Å²) in [6.45, 7) is 9.99. The van der Waals surface area contributed by atoms with Gasteiger partial charge in [0.2, 0.25) is 10.0 Å². The third kappa shape index (κ3) is 4.81. The third-order valence-electron chi connectivity index (χ3n) is 6.43. The number of anilines is 2. The van der Waals surface area contributed by atoms with Crippen molar-refractivity contribution in [2.24, 2.45) is 5.92 Å². The minimum atomic E-state index is -3.70. The number of nitrogens with zero attached hydrogens (tertiary/aromatic N) is 3. The van der Waals surface area contributed by atoms with Gasteiger partial charge in [-0.2, -0.15) is 4.31 Å². The van der Waals surface area contributed by atoms with E-state index in [2.05, 4.69) is 22.1 Å². The Balaban J connectivity index is 1.72. The molecular formula is C25H32N4O4S. The van der Waals surface area contributed by atoms with Crippen LogP contribution in [0.15, 0.2) is 45.7 Å². The van der Waals surface area contributed by atoms with Crippen LogP contribution in [0.3, 0.4) is 0 Å². The molecule has 0 atom stereocenters. The van der Waals surface area contributed by atoms with Crippen LogP contribution in [0.5, 0.6) is 0 Å². The molecular weight excluding hydrogens is 452 g/mol. The van der Waals surface area contributed by atoms with E-state index in [0.29, 0.717) is 47.2 Å². The van der Waals surface area contributed by atoms with Crippen LogP contribution in [0.1, 0.15) is 49.9 Å². The standard InChI is InChI=1S/C25H32N4O4S/c1-5-29(6-2)34(31,32)20-8-10-23(28-13-11-17(3)12-14-28)21(16-20)25(30)27-19-7-9-22-24(15-19)33-18(4)26-22/h7-10,15-17H,5-6,11-14H2,1-4H3,(H,27,30). The highest BCUT2D eigenvalue weighted by Crippen LogP contribution is 2.30. The Kier molecular flexibility index (Phi) is 6.95. The highest BCUT2D eigenvalue weighted by atomic mass is 32.2. The van der Waals surface area contributed by atoms with Gasteiger partial charge in [-0.25, -0.2) is 13.4 Å². The summed E-state index contributed by atoms with van der Waals surface area (Å²) in [5, 5.41) is 2.92. The normalized spacial score (nSPS) is 15.3. The summed E-state index contributed by atoms with van der Waals surface area (Å²) in [5.41, 5.74) is 2.95. The summed E-state index contributed by atoms with van der Waals surface area (Å²) in [5.74, 6) is 0.822. The van der Waals surface area contributed by atoms with Crippen molar-refractivity contribution in [2.45, 2.75) is 45.4 Å². The molecule has 9 heteroatoms. The molecule has 2 heterocycles. The fourth-order valence-electron chi connectivity index (χ4n) is 4.41. The van der Waals surface area contributed by atoms with Crippen molar-refractivity contribution in [3.05, 3.63) is 47.9 Å². The minimum absolute atomic E-state index is 0.122. The first-order chi connectivity index (χ1) is 16.2. The van der Waals surface area contributed by atoms with Gasteiger partial charge in [0, 0.05) is 50.5 Å². The third-order valence-corrected chi connectivity index (χ3v) is 8.48. The molecule has 0 saturated carbocycles. The van der Waals surface area contributed by atoms with Gasteiger partial charge in [-0.15, -0.1) is 0 Å². The number of carbonyl (C=O) groups excluding carboxylic acids is 1. The van der Waals surface area contributed by atoms with Gasteiger partial charge >= 0.3 is 0 Å². The van der Waals surface area contributed by atoms with E-state index in [1.807, 2.05) is 0 Å². The zero-order chi connectivity index (χ0) is 24.5. The predicted octanol–water partition coefficient (Wildman–Crippen LogP) is 4.66. The molecule has 0 bridgehead atoms. The number of sulfonamides is 1. The Hall–Kier alpha value is -2.91. The molecule has 0 spiro atoms. The molecule has 0 aliphatic carbocycles. The first-order valence-corrected chi connectivity index (χ1v) is 13.2. The van der Waals surface area contributed by atoms with Crippen molar-refractivity contribution < 1.29 is 17.6 Å². The largest absolute Gasteiger partial charge is 0.441 e. The van der Waals surface area contributed by atoms with E-state index in [9.17, 15) is 13.2 Å². The molecule has 34 heavy (non-hydrogen) atoms. The second kappa shape index (κ2) is 9.76. The molecule has 1 aromatic heterocycles. The Labute approximate surface area is 201 Å². The Morgan fingerprint density at radius 3 is 2.53 bits per heavy atom. The van der Waals surface area contributed by atoms with Gasteiger partial charge in [0.25, 0.3) is 5.91 Å². The van der Waals surface area contributed by atoms with Crippen molar-refractivity contribution in [3.63, 3.8) is 0 Å². The number of carbonyl (C=O) groups is 1. The summed E-state index contributed by atoms with van der Waals surface area (Å²) in [6.07, 6.45) is 2.06. The monoisotopic (exact) mass is 484 g/mol. The Morgan fingerprint density at radius 2 is 1.85 bits per heavy atom. The van der Waals surface area contributed by atoms with Crippen molar-refractivity contribution in [2.75, 3.05) is 36.4 Å². The molecule has 1 aliphatic rings. The molecule has 1 N–H and O–H groups in total. The molecule has 8 nitrogen and oxygen atoms in total. The molecule has 1 aliphatic heterocycles. The van der Waals surface area contributed by atoms with Gasteiger partial charge < -0.3 is 14.6 Å². The maximum atomic E-state index is 13.5. The van der Waals surface area contributed by atoms with Crippen LogP contribution in [-0.4, -0.2) is 49.8 Å². The van der Waals surface area contributed by atoms with Gasteiger partial charge in [-0.05, 0) is 49.1 Å². The summed E-state index contributed by atoms with van der Waals surface area (Å²) < 4.78 is 33.3. The molecule has 1 fully saturated rings. The van der Waals surface area contributed by atoms with Crippen LogP contribution < -0.4 is 10.2 Å². The second-order valence-electron chi connectivity index (χ2n) is 8.81. The number of hydrogen-bond donors (Lipinski definition) is 1. The van der Waals surface area contributed by atoms with Gasteiger partial charge in [0.1, 0.15) is 5.52 Å². The maximum absolute atomic E-state index is 13.5. The fraction of sp³-hybridized carbons (Fsp3) is 0.440. The Bertz CT molecular complexity index is 1290. The lowest BCUT2D eigenvalue weighted by Gasteiger charge is -2.33. The SMILES string of the molecule is CCN(CC)S(=O)(=O)c1ccc(N2CCC(C)CC2)c(C(=O)Nc2ccc3nc(C)oc3c2)c1. The number of fused-ring (bicyclic) bond motifs is 1. The lowest BCUT2D eigenvalue weighted by Crippen LogP contribution is -2.35. The van der Waals surface area contributed by atoms with Crippen LogP contribution in [0.2, 0.25) is 0 Å². The van der Waals surface area contributed by atoms with E-state index in [1.54, 1.807) is 51.1 Å². The number of piperidine rings is 1. The first kappa shape index (κ1) is 24.2. The van der Waals surface area contributed by atoms with Crippen molar-refractivity contribution in [1.29, 1.82) is 0 Å². The average Bonchev–Trinajstić information content (AvgIpc) is 3.19. The van der Waals surface area contributed by atoms with E-state index in [-0.39, 0.29) is 10.8 Å². The highest BCUT2D eigenvalue weighted by Gasteiger charge is 2.27. The Morgan fingerprint density at radius 1 is 1.15 bits per heavy atom. The van der Waals surface area contributed by atoms with Crippen molar-refractivity contribution >= 4 is 38.4 Å². The van der Waals surface area contributed by atoms with Gasteiger partial charge in [-0.1, -0.05) is 20.8 Å². The van der Waals surface area contributed by atoms with E-state index >= 15 is 0 Å². The van der Waals surface area contributed by atoms with Crippen molar-refractivity contribution in [3.8, 4) is 0 Å². The highest BCUT2D eigenvalue weighted by molar-refractivity contribution is 7.89. The molecule has 3 aromatic rings. The van der Waals surface area contributed by atoms with Gasteiger partial charge in [0.05, 0.1) is 10.5 Å². The smallest absolute Gasteiger partial charge is 0.257 e. The zero-order valence-electron chi connectivity index (χ0n) is 20.2. The quantitative estimate of drug-likeness (QED) is 0.524. The van der Waals surface area contributed by atoms with Crippen LogP contribution in [0, 0.1) is 12.8 Å². The first-order valence-electron chi connectivity index (χ1n) is 11.8. The van der Waals surface area contributed by atoms with Gasteiger partial charge in [0.15, 0.2) is 11.5 Å². The van der Waals surface area contributed by atoms with Crippen LogP contribution >= 0.6 is 0 Å². The van der Waals surface area contributed by atoms with E-state index in [1.165, 1.54) is 10.4 Å². The number of amides is 1. The molecule has 182 valence electrons. The molecule has 0 radical (unpaired) electrons. The number of oxazole rings is 1. The van der Waals surface area contributed by atoms with Crippen LogP contribution in [0.4, 0.5) is 11.4 Å². The molecule has 1 amide bonds. The zero-order valence-corrected chi connectivity index (χ0v) is 21.0. The van der Waals surface area contributed by atoms with Crippen molar-refractivity contribution in [1.82, 2.24) is 9.29 Å². The summed E-state index contributed by atoms with van der Waals surface area (Å²) in [6, 6.07) is 10.2. The lowest BCUT2D eigenvalue weighted by molar-refractivity contribution is 0.102. The fourth-order valence-corrected chi connectivity index (χ4v) is 5.90. The number of aromatic nitrogens is 1. The number of benzene rings is 2. The van der Waals surface area contributed by atoms with E-state index in [4.69, 9.17) is 4.42 Å². The summed E-state index contributed by atoms with van der Waals surface area (Å²) in [4.78, 5) is 20.1. The van der Waals surface area contributed by atoms with Crippen LogP contribution in [-0.2, 0) is 10.0 Å². The molecule has 1 saturated heterocycles.